The first-order valence-electron chi connectivity index (χ1n) is 38.1. The van der Waals surface area contributed by atoms with E-state index < -0.39 is 12.1 Å². The van der Waals surface area contributed by atoms with Gasteiger partial charge >= 0.3 is 5.97 Å². The Balaban J connectivity index is 3.35. The molecule has 0 aliphatic carbocycles. The molecule has 0 heterocycles. The third-order valence-corrected chi connectivity index (χ3v) is 18.0. The molecule has 0 bridgehead atoms. The Morgan fingerprint density at radius 2 is 0.602 bits per heavy atom. The lowest BCUT2D eigenvalue weighted by Gasteiger charge is -2.22. The van der Waals surface area contributed by atoms with Crippen molar-refractivity contribution in [2.24, 2.45) is 0 Å². The van der Waals surface area contributed by atoms with Crippen LogP contribution >= 0.6 is 0 Å². The predicted molar refractivity (Wildman–Crippen MR) is 366 cm³/mol. The fraction of sp³-hybridized carbons (Fsp3) is 0.922. The van der Waals surface area contributed by atoms with Gasteiger partial charge in [-0.3, -0.25) is 9.59 Å². The Hall–Kier alpha value is -1.66. The van der Waals surface area contributed by atoms with Crippen molar-refractivity contribution in [2.45, 2.75) is 443 Å². The summed E-state index contributed by atoms with van der Waals surface area (Å²) < 4.78 is 5.50. The predicted octanol–water partition coefficient (Wildman–Crippen LogP) is 24.9. The summed E-state index contributed by atoms with van der Waals surface area (Å²) in [7, 11) is 0. The van der Waals surface area contributed by atoms with Crippen LogP contribution in [0.4, 0.5) is 0 Å². The molecule has 0 aromatic heterocycles. The Morgan fingerprint density at radius 1 is 0.337 bits per heavy atom. The molecular formula is C77H149NO5. The van der Waals surface area contributed by atoms with Crippen molar-refractivity contribution in [1.29, 1.82) is 0 Å². The number of hydrogen-bond donors (Lipinski definition) is 3. The minimum Gasteiger partial charge on any atom is -0.466 e. The van der Waals surface area contributed by atoms with Crippen molar-refractivity contribution < 1.29 is 24.5 Å². The Morgan fingerprint density at radius 3 is 0.928 bits per heavy atom. The molecule has 6 nitrogen and oxygen atoms in total. The number of allylic oxidation sites excluding steroid dienone is 4. The van der Waals surface area contributed by atoms with Crippen LogP contribution in [0.15, 0.2) is 24.3 Å². The summed E-state index contributed by atoms with van der Waals surface area (Å²) >= 11 is 0. The zero-order valence-corrected chi connectivity index (χ0v) is 56.5. The molecule has 0 aromatic carbocycles. The van der Waals surface area contributed by atoms with Crippen LogP contribution in [0.25, 0.3) is 0 Å². The highest BCUT2D eigenvalue weighted by molar-refractivity contribution is 5.76. The number of carbonyl (C=O) groups excluding carboxylic acids is 2. The zero-order chi connectivity index (χ0) is 59.9. The van der Waals surface area contributed by atoms with E-state index in [4.69, 9.17) is 4.74 Å². The highest BCUT2D eigenvalue weighted by Gasteiger charge is 2.20. The van der Waals surface area contributed by atoms with Crippen molar-refractivity contribution in [3.8, 4) is 0 Å². The largest absolute Gasteiger partial charge is 0.466 e. The Kier molecular flexibility index (Phi) is 71.4. The van der Waals surface area contributed by atoms with Crippen LogP contribution < -0.4 is 5.32 Å². The van der Waals surface area contributed by atoms with Crippen LogP contribution in [0.2, 0.25) is 0 Å². The van der Waals surface area contributed by atoms with E-state index in [-0.39, 0.29) is 18.5 Å². The summed E-state index contributed by atoms with van der Waals surface area (Å²) in [6.45, 7) is 4.98. The maximum Gasteiger partial charge on any atom is 0.305 e. The van der Waals surface area contributed by atoms with Gasteiger partial charge in [0.1, 0.15) is 0 Å². The lowest BCUT2D eigenvalue weighted by atomic mass is 10.0. The third kappa shape index (κ3) is 69.3. The molecule has 83 heavy (non-hydrogen) atoms. The lowest BCUT2D eigenvalue weighted by Crippen LogP contribution is -2.45. The van der Waals surface area contributed by atoms with Gasteiger partial charge in [0, 0.05) is 12.8 Å². The number of rotatable bonds is 72. The van der Waals surface area contributed by atoms with Crippen molar-refractivity contribution in [1.82, 2.24) is 5.32 Å². The minimum absolute atomic E-state index is 0.00563. The number of aliphatic hydroxyl groups is 2. The molecule has 3 N–H and O–H groups in total. The van der Waals surface area contributed by atoms with E-state index in [1.54, 1.807) is 0 Å². The van der Waals surface area contributed by atoms with Crippen LogP contribution in [0, 0.1) is 0 Å². The van der Waals surface area contributed by atoms with Gasteiger partial charge in [0.05, 0.1) is 25.4 Å². The van der Waals surface area contributed by atoms with E-state index in [2.05, 4.69) is 43.5 Å². The fourth-order valence-electron chi connectivity index (χ4n) is 12.2. The summed E-state index contributed by atoms with van der Waals surface area (Å²) in [6.07, 6.45) is 92.5. The van der Waals surface area contributed by atoms with Crippen molar-refractivity contribution in [3.05, 3.63) is 24.3 Å². The van der Waals surface area contributed by atoms with Crippen LogP contribution in [0.1, 0.15) is 431 Å². The molecular weight excluding hydrogens is 1020 g/mol. The Bertz CT molecular complexity index is 1300. The standard InChI is InChI=1S/C77H149NO5/c1-3-5-7-9-11-13-15-17-19-21-22-23-29-32-35-38-41-45-49-53-57-61-65-69-75(80)74(73-79)78-76(81)70-66-62-58-54-50-46-42-39-36-33-30-27-25-24-26-28-31-34-37-40-44-48-52-56-60-64-68-72-83-77(82)71-67-63-59-55-51-47-43-20-18-16-14-12-10-8-6-4-2/h14,16,20,43,74-75,79-80H,3-13,15,17-19,21-42,44-73H2,1-2H3,(H,78,81)/b16-14-,43-20-. The van der Waals surface area contributed by atoms with Gasteiger partial charge in [0.2, 0.25) is 5.91 Å². The van der Waals surface area contributed by atoms with Gasteiger partial charge in [-0.1, -0.05) is 385 Å². The van der Waals surface area contributed by atoms with Gasteiger partial charge in [0.25, 0.3) is 0 Å². The number of amides is 1. The minimum atomic E-state index is -0.664. The highest BCUT2D eigenvalue weighted by atomic mass is 16.5. The van der Waals surface area contributed by atoms with Gasteiger partial charge in [0.15, 0.2) is 0 Å². The molecule has 2 unspecified atom stereocenters. The van der Waals surface area contributed by atoms with Gasteiger partial charge in [-0.25, -0.2) is 0 Å². The smallest absolute Gasteiger partial charge is 0.305 e. The van der Waals surface area contributed by atoms with Crippen LogP contribution in [-0.4, -0.2) is 47.4 Å². The van der Waals surface area contributed by atoms with E-state index >= 15 is 0 Å². The molecule has 0 aliphatic heterocycles. The molecule has 0 saturated heterocycles. The maximum atomic E-state index is 12.6. The molecule has 0 rings (SSSR count). The summed E-state index contributed by atoms with van der Waals surface area (Å²) in [5.41, 5.74) is 0. The number of nitrogens with one attached hydrogen (secondary N) is 1. The topological polar surface area (TPSA) is 95.9 Å². The summed E-state index contributed by atoms with van der Waals surface area (Å²) in [4.78, 5) is 24.7. The van der Waals surface area contributed by atoms with E-state index in [1.807, 2.05) is 0 Å². The van der Waals surface area contributed by atoms with Gasteiger partial charge < -0.3 is 20.3 Å². The monoisotopic (exact) mass is 1170 g/mol. The van der Waals surface area contributed by atoms with E-state index in [0.29, 0.717) is 25.9 Å². The van der Waals surface area contributed by atoms with Gasteiger partial charge in [-0.15, -0.1) is 0 Å². The van der Waals surface area contributed by atoms with Crippen molar-refractivity contribution >= 4 is 11.9 Å². The fourth-order valence-corrected chi connectivity index (χ4v) is 12.2. The SMILES string of the molecule is CCCCCC/C=C\C/C=C\CCCCCCCC(=O)OCCCCCCCCCCCCCCCCCCCCCCCCCCCCCC(=O)NC(CO)C(O)CCCCCCCCCCCCCCCCCCCCCCCCC. The Labute approximate surface area is 520 Å². The molecule has 0 aliphatic rings. The first-order chi connectivity index (χ1) is 41.0. The van der Waals surface area contributed by atoms with Crippen LogP contribution in [0.5, 0.6) is 0 Å². The normalized spacial score (nSPS) is 12.6. The van der Waals surface area contributed by atoms with Crippen LogP contribution in [-0.2, 0) is 14.3 Å². The van der Waals surface area contributed by atoms with E-state index in [1.165, 1.54) is 347 Å². The molecule has 0 spiro atoms. The summed E-state index contributed by atoms with van der Waals surface area (Å²) in [5, 5.41) is 23.5. The van der Waals surface area contributed by atoms with Crippen molar-refractivity contribution in [3.63, 3.8) is 0 Å². The first-order valence-corrected chi connectivity index (χ1v) is 38.1. The van der Waals surface area contributed by atoms with Gasteiger partial charge in [-0.2, -0.15) is 0 Å². The number of aliphatic hydroxyl groups excluding tert-OH is 2. The molecule has 0 saturated carbocycles. The first kappa shape index (κ1) is 81.3. The third-order valence-electron chi connectivity index (χ3n) is 18.0. The van der Waals surface area contributed by atoms with Crippen molar-refractivity contribution in [2.75, 3.05) is 13.2 Å². The van der Waals surface area contributed by atoms with Gasteiger partial charge in [-0.05, 0) is 57.8 Å². The highest BCUT2D eigenvalue weighted by Crippen LogP contribution is 2.20. The summed E-state index contributed by atoms with van der Waals surface area (Å²) in [5.74, 6) is -0.0214. The molecule has 492 valence electrons. The second-order valence-corrected chi connectivity index (χ2v) is 26.3. The average Bonchev–Trinajstić information content (AvgIpc) is 3.49. The molecule has 0 fully saturated rings. The van der Waals surface area contributed by atoms with E-state index in [0.717, 1.165) is 51.4 Å². The number of ether oxygens (including phenoxy) is 1. The van der Waals surface area contributed by atoms with E-state index in [9.17, 15) is 19.8 Å². The quantitative estimate of drug-likeness (QED) is 0.0320. The molecule has 0 radical (unpaired) electrons. The maximum absolute atomic E-state index is 12.6. The molecule has 6 heteroatoms. The molecule has 2 atom stereocenters. The number of carbonyl (C=O) groups is 2. The van der Waals surface area contributed by atoms with Crippen LogP contribution in [0.3, 0.4) is 0 Å². The average molecular weight is 1170 g/mol. The summed E-state index contributed by atoms with van der Waals surface area (Å²) in [6, 6.07) is -0.541. The second-order valence-electron chi connectivity index (χ2n) is 26.3. The number of hydrogen-bond acceptors (Lipinski definition) is 5. The number of esters is 1. The molecule has 0 aromatic rings. The second kappa shape index (κ2) is 72.8. The number of unbranched alkanes of at least 4 members (excludes halogenated alkanes) is 57. The zero-order valence-electron chi connectivity index (χ0n) is 56.5. The lowest BCUT2D eigenvalue weighted by molar-refractivity contribution is -0.143. The molecule has 1 amide bonds.